The largest absolute Gasteiger partial charge is 0.493 e. The van der Waals surface area contributed by atoms with Crippen LogP contribution in [-0.2, 0) is 0 Å². The predicted octanol–water partition coefficient (Wildman–Crippen LogP) is 3.86. The molecule has 1 N–H and O–H groups in total. The molecule has 0 spiro atoms. The number of rotatable bonds is 5. The van der Waals surface area contributed by atoms with E-state index in [-0.39, 0.29) is 5.91 Å². The van der Waals surface area contributed by atoms with Gasteiger partial charge in [0, 0.05) is 17.1 Å². The Bertz CT molecular complexity index is 802. The normalized spacial score (nSPS) is 10.3. The molecule has 1 aromatic heterocycles. The van der Waals surface area contributed by atoms with Crippen LogP contribution in [0.25, 0.3) is 11.4 Å². The number of carbonyl (C=O) groups excluding carboxylic acids is 1. The molecule has 116 valence electrons. The van der Waals surface area contributed by atoms with E-state index in [0.29, 0.717) is 28.9 Å². The fourth-order valence-electron chi connectivity index (χ4n) is 2.08. The van der Waals surface area contributed by atoms with Gasteiger partial charge < -0.3 is 4.74 Å². The van der Waals surface area contributed by atoms with Crippen molar-refractivity contribution in [1.82, 2.24) is 9.36 Å². The minimum Gasteiger partial charge on any atom is -0.493 e. The van der Waals surface area contributed by atoms with E-state index in [0.717, 1.165) is 17.1 Å². The molecule has 0 unspecified atom stereocenters. The van der Waals surface area contributed by atoms with E-state index < -0.39 is 0 Å². The number of ether oxygens (including phenoxy) is 1. The van der Waals surface area contributed by atoms with Crippen LogP contribution in [0, 0.1) is 0 Å². The van der Waals surface area contributed by atoms with Crippen molar-refractivity contribution in [2.24, 2.45) is 0 Å². The molecule has 0 atom stereocenters. The third-order valence-electron chi connectivity index (χ3n) is 3.11. The van der Waals surface area contributed by atoms with Crippen LogP contribution >= 0.6 is 11.5 Å². The van der Waals surface area contributed by atoms with Crippen molar-refractivity contribution in [1.29, 1.82) is 0 Å². The first-order valence-corrected chi connectivity index (χ1v) is 7.97. The van der Waals surface area contributed by atoms with E-state index in [2.05, 4.69) is 14.7 Å². The number of carbonyl (C=O) groups is 1. The topological polar surface area (TPSA) is 64.1 Å². The molecule has 0 fully saturated rings. The lowest BCUT2D eigenvalue weighted by atomic mass is 10.2. The molecule has 5 nitrogen and oxygen atoms in total. The number of amides is 1. The monoisotopic (exact) mass is 325 g/mol. The summed E-state index contributed by atoms with van der Waals surface area (Å²) in [6.07, 6.45) is 0. The van der Waals surface area contributed by atoms with Gasteiger partial charge in [-0.2, -0.15) is 9.36 Å². The second-order valence-electron chi connectivity index (χ2n) is 4.67. The SMILES string of the molecule is CCOc1ccccc1C(=O)Nc1nc(-c2ccccc2)ns1. The summed E-state index contributed by atoms with van der Waals surface area (Å²) in [4.78, 5) is 16.8. The molecule has 3 aromatic rings. The Kier molecular flexibility index (Phi) is 4.63. The third-order valence-corrected chi connectivity index (χ3v) is 3.74. The zero-order chi connectivity index (χ0) is 16.1. The van der Waals surface area contributed by atoms with Crippen LogP contribution in [0.4, 0.5) is 5.13 Å². The molecule has 3 rings (SSSR count). The first-order chi connectivity index (χ1) is 11.3. The van der Waals surface area contributed by atoms with E-state index in [9.17, 15) is 4.79 Å². The minimum absolute atomic E-state index is 0.259. The number of anilines is 1. The highest BCUT2D eigenvalue weighted by Crippen LogP contribution is 2.23. The van der Waals surface area contributed by atoms with E-state index in [1.165, 1.54) is 0 Å². The van der Waals surface area contributed by atoms with E-state index in [4.69, 9.17) is 4.74 Å². The molecule has 6 heteroatoms. The van der Waals surface area contributed by atoms with Gasteiger partial charge in [-0.25, -0.2) is 0 Å². The highest BCUT2D eigenvalue weighted by atomic mass is 32.1. The van der Waals surface area contributed by atoms with Crippen molar-refractivity contribution in [3.63, 3.8) is 0 Å². The van der Waals surface area contributed by atoms with Gasteiger partial charge in [-0.15, -0.1) is 0 Å². The second kappa shape index (κ2) is 7.02. The third kappa shape index (κ3) is 3.54. The van der Waals surface area contributed by atoms with Crippen LogP contribution in [-0.4, -0.2) is 21.9 Å². The lowest BCUT2D eigenvalue weighted by molar-refractivity contribution is 0.102. The lowest BCUT2D eigenvalue weighted by Crippen LogP contribution is -2.13. The van der Waals surface area contributed by atoms with Gasteiger partial charge in [0.05, 0.1) is 12.2 Å². The summed E-state index contributed by atoms with van der Waals surface area (Å²) in [5, 5.41) is 3.23. The smallest absolute Gasteiger partial charge is 0.261 e. The summed E-state index contributed by atoms with van der Waals surface area (Å²) in [5.41, 5.74) is 1.39. The van der Waals surface area contributed by atoms with Crippen molar-refractivity contribution in [3.05, 3.63) is 60.2 Å². The molecule has 0 bridgehead atoms. The second-order valence-corrected chi connectivity index (χ2v) is 5.42. The summed E-state index contributed by atoms with van der Waals surface area (Å²) in [6.45, 7) is 2.38. The van der Waals surface area contributed by atoms with Crippen LogP contribution in [0.2, 0.25) is 0 Å². The van der Waals surface area contributed by atoms with Gasteiger partial charge >= 0.3 is 0 Å². The number of aromatic nitrogens is 2. The maximum atomic E-state index is 12.4. The first-order valence-electron chi connectivity index (χ1n) is 7.20. The highest BCUT2D eigenvalue weighted by molar-refractivity contribution is 7.10. The Morgan fingerprint density at radius 1 is 1.13 bits per heavy atom. The van der Waals surface area contributed by atoms with Gasteiger partial charge in [0.15, 0.2) is 5.82 Å². The van der Waals surface area contributed by atoms with Gasteiger partial charge in [-0.3, -0.25) is 10.1 Å². The molecule has 0 aliphatic carbocycles. The van der Waals surface area contributed by atoms with Gasteiger partial charge in [0.1, 0.15) is 5.75 Å². The van der Waals surface area contributed by atoms with Gasteiger partial charge in [0.2, 0.25) is 5.13 Å². The van der Waals surface area contributed by atoms with Crippen molar-refractivity contribution in [2.75, 3.05) is 11.9 Å². The summed E-state index contributed by atoms with van der Waals surface area (Å²) in [6, 6.07) is 16.8. The van der Waals surface area contributed by atoms with Crippen LogP contribution in [0.5, 0.6) is 5.75 Å². The first kappa shape index (κ1) is 15.2. The van der Waals surface area contributed by atoms with E-state index in [1.54, 1.807) is 18.2 Å². The average molecular weight is 325 g/mol. The number of nitrogens with one attached hydrogen (secondary N) is 1. The summed E-state index contributed by atoms with van der Waals surface area (Å²) in [5.74, 6) is 0.897. The van der Waals surface area contributed by atoms with E-state index in [1.807, 2.05) is 43.3 Å². The van der Waals surface area contributed by atoms with Crippen molar-refractivity contribution in [3.8, 4) is 17.1 Å². The number of hydrogen-bond acceptors (Lipinski definition) is 5. The van der Waals surface area contributed by atoms with Gasteiger partial charge in [-0.1, -0.05) is 42.5 Å². The maximum absolute atomic E-state index is 12.4. The number of nitrogens with zero attached hydrogens (tertiary/aromatic N) is 2. The number of benzene rings is 2. The molecular weight excluding hydrogens is 310 g/mol. The Labute approximate surface area is 138 Å². The molecule has 0 radical (unpaired) electrons. The standard InChI is InChI=1S/C17H15N3O2S/c1-2-22-14-11-7-6-10-13(14)16(21)19-17-18-15(20-23-17)12-8-4-3-5-9-12/h3-11H,2H2,1H3,(H,18,19,20,21). The number of hydrogen-bond donors (Lipinski definition) is 1. The average Bonchev–Trinajstić information content (AvgIpc) is 3.05. The molecule has 0 saturated heterocycles. The predicted molar refractivity (Wildman–Crippen MR) is 90.9 cm³/mol. The Morgan fingerprint density at radius 3 is 2.65 bits per heavy atom. The van der Waals surface area contributed by atoms with Crippen molar-refractivity contribution in [2.45, 2.75) is 6.92 Å². The Morgan fingerprint density at radius 2 is 1.87 bits per heavy atom. The van der Waals surface area contributed by atoms with Crippen LogP contribution in [0.1, 0.15) is 17.3 Å². The molecule has 2 aromatic carbocycles. The molecule has 1 heterocycles. The van der Waals surface area contributed by atoms with Crippen molar-refractivity contribution < 1.29 is 9.53 Å². The summed E-state index contributed by atoms with van der Waals surface area (Å²) < 4.78 is 9.75. The maximum Gasteiger partial charge on any atom is 0.261 e. The fourth-order valence-corrected chi connectivity index (χ4v) is 2.66. The van der Waals surface area contributed by atoms with Crippen molar-refractivity contribution >= 4 is 22.6 Å². The molecule has 1 amide bonds. The lowest BCUT2D eigenvalue weighted by Gasteiger charge is -2.08. The molecule has 0 saturated carbocycles. The number of para-hydroxylation sites is 1. The molecule has 0 aliphatic heterocycles. The fraction of sp³-hybridized carbons (Fsp3) is 0.118. The molecule has 0 aliphatic rings. The van der Waals surface area contributed by atoms with Crippen LogP contribution in [0.15, 0.2) is 54.6 Å². The van der Waals surface area contributed by atoms with E-state index >= 15 is 0 Å². The van der Waals surface area contributed by atoms with Gasteiger partial charge in [-0.05, 0) is 19.1 Å². The molecule has 23 heavy (non-hydrogen) atoms. The highest BCUT2D eigenvalue weighted by Gasteiger charge is 2.14. The minimum atomic E-state index is -0.259. The summed E-state index contributed by atoms with van der Waals surface area (Å²) >= 11 is 1.15. The molecular formula is C17H15N3O2S. The Balaban J connectivity index is 1.78. The van der Waals surface area contributed by atoms with Crippen LogP contribution < -0.4 is 10.1 Å². The summed E-state index contributed by atoms with van der Waals surface area (Å²) in [7, 11) is 0. The zero-order valence-corrected chi connectivity index (χ0v) is 13.3. The Hall–Kier alpha value is -2.73. The quantitative estimate of drug-likeness (QED) is 0.774. The van der Waals surface area contributed by atoms with Gasteiger partial charge in [0.25, 0.3) is 5.91 Å². The zero-order valence-electron chi connectivity index (χ0n) is 12.5. The van der Waals surface area contributed by atoms with Crippen LogP contribution in [0.3, 0.4) is 0 Å².